The molecule has 0 saturated carbocycles. The van der Waals surface area contributed by atoms with Crippen molar-refractivity contribution in [2.24, 2.45) is 4.99 Å². The fourth-order valence-electron chi connectivity index (χ4n) is 1.51. The van der Waals surface area contributed by atoms with E-state index in [4.69, 9.17) is 4.74 Å². The molecule has 0 radical (unpaired) electrons. The van der Waals surface area contributed by atoms with Crippen molar-refractivity contribution in [2.45, 2.75) is 6.92 Å². The molecule has 2 rings (SSSR count). The van der Waals surface area contributed by atoms with E-state index in [-0.39, 0.29) is 0 Å². The molecule has 0 bridgehead atoms. The van der Waals surface area contributed by atoms with Crippen LogP contribution in [0.4, 0.5) is 5.69 Å². The first kappa shape index (κ1) is 11.3. The van der Waals surface area contributed by atoms with Gasteiger partial charge >= 0.3 is 0 Å². The van der Waals surface area contributed by atoms with Crippen molar-refractivity contribution in [3.63, 3.8) is 0 Å². The number of aryl methyl sites for hydroxylation is 1. The molecule has 0 spiro atoms. The standard InChI is InChI=1S/C14H14N2O/c1-11-6-5-7-12(16-11)10-15-13-8-3-4-9-14(13)17-2/h3-10H,1-2H3. The molecule has 0 amide bonds. The van der Waals surface area contributed by atoms with Crippen molar-refractivity contribution in [3.8, 4) is 5.75 Å². The molecule has 0 unspecified atom stereocenters. The molecule has 0 fully saturated rings. The second-order valence-corrected chi connectivity index (χ2v) is 3.63. The summed E-state index contributed by atoms with van der Waals surface area (Å²) >= 11 is 0. The van der Waals surface area contributed by atoms with Crippen molar-refractivity contribution in [1.29, 1.82) is 0 Å². The number of pyridine rings is 1. The number of aliphatic imine (C=N–C) groups is 1. The number of ether oxygens (including phenoxy) is 1. The predicted octanol–water partition coefficient (Wildman–Crippen LogP) is 3.15. The zero-order valence-electron chi connectivity index (χ0n) is 9.92. The van der Waals surface area contributed by atoms with Crippen molar-refractivity contribution in [3.05, 3.63) is 53.9 Å². The molecule has 1 heterocycles. The summed E-state index contributed by atoms with van der Waals surface area (Å²) in [6.45, 7) is 1.96. The smallest absolute Gasteiger partial charge is 0.144 e. The Hall–Kier alpha value is -2.16. The first-order chi connectivity index (χ1) is 8.29. The predicted molar refractivity (Wildman–Crippen MR) is 69.2 cm³/mol. The Labute approximate surface area is 101 Å². The lowest BCUT2D eigenvalue weighted by atomic mass is 10.3. The van der Waals surface area contributed by atoms with Gasteiger partial charge in [0.15, 0.2) is 0 Å². The number of hydrogen-bond donors (Lipinski definition) is 0. The van der Waals surface area contributed by atoms with Gasteiger partial charge in [0.25, 0.3) is 0 Å². The number of hydrogen-bond acceptors (Lipinski definition) is 3. The molecule has 3 nitrogen and oxygen atoms in total. The van der Waals surface area contributed by atoms with Crippen LogP contribution in [0.3, 0.4) is 0 Å². The summed E-state index contributed by atoms with van der Waals surface area (Å²) in [5, 5.41) is 0. The first-order valence-electron chi connectivity index (χ1n) is 5.40. The van der Waals surface area contributed by atoms with Gasteiger partial charge in [0.2, 0.25) is 0 Å². The van der Waals surface area contributed by atoms with Gasteiger partial charge in [-0.15, -0.1) is 0 Å². The molecule has 1 aromatic heterocycles. The van der Waals surface area contributed by atoms with Gasteiger partial charge in [-0.1, -0.05) is 18.2 Å². The van der Waals surface area contributed by atoms with Crippen LogP contribution in [0.5, 0.6) is 5.75 Å². The van der Waals surface area contributed by atoms with E-state index >= 15 is 0 Å². The highest BCUT2D eigenvalue weighted by Crippen LogP contribution is 2.25. The first-order valence-corrected chi connectivity index (χ1v) is 5.40. The lowest BCUT2D eigenvalue weighted by Crippen LogP contribution is -1.89. The van der Waals surface area contributed by atoms with Gasteiger partial charge < -0.3 is 4.74 Å². The average Bonchev–Trinajstić information content (AvgIpc) is 2.37. The SMILES string of the molecule is COc1ccccc1N=Cc1cccc(C)n1. The number of rotatable bonds is 3. The minimum absolute atomic E-state index is 0.761. The van der Waals surface area contributed by atoms with Gasteiger partial charge in [0.1, 0.15) is 11.4 Å². The van der Waals surface area contributed by atoms with Crippen molar-refractivity contribution in [1.82, 2.24) is 4.98 Å². The molecular formula is C14H14N2O. The summed E-state index contributed by atoms with van der Waals surface area (Å²) in [6, 6.07) is 13.5. The molecule has 0 aliphatic carbocycles. The number of methoxy groups -OCH3 is 1. The van der Waals surface area contributed by atoms with Gasteiger partial charge in [-0.05, 0) is 31.2 Å². The Kier molecular flexibility index (Phi) is 3.50. The monoisotopic (exact) mass is 226 g/mol. The van der Waals surface area contributed by atoms with Crippen LogP contribution in [0.15, 0.2) is 47.5 Å². The van der Waals surface area contributed by atoms with E-state index in [1.165, 1.54) is 0 Å². The van der Waals surface area contributed by atoms with Crippen LogP contribution in [0, 0.1) is 6.92 Å². The third-order valence-electron chi connectivity index (χ3n) is 2.33. The zero-order chi connectivity index (χ0) is 12.1. The third-order valence-corrected chi connectivity index (χ3v) is 2.33. The van der Waals surface area contributed by atoms with Crippen molar-refractivity contribution in [2.75, 3.05) is 7.11 Å². The van der Waals surface area contributed by atoms with Crippen LogP contribution in [0.2, 0.25) is 0 Å². The number of para-hydroxylation sites is 2. The molecule has 2 aromatic rings. The summed E-state index contributed by atoms with van der Waals surface area (Å²) in [5.41, 5.74) is 2.63. The Balaban J connectivity index is 2.26. The van der Waals surface area contributed by atoms with E-state index < -0.39 is 0 Å². The number of aromatic nitrogens is 1. The normalized spacial score (nSPS) is 10.7. The van der Waals surface area contributed by atoms with Crippen LogP contribution < -0.4 is 4.74 Å². The Morgan fingerprint density at radius 1 is 1.12 bits per heavy atom. The Morgan fingerprint density at radius 3 is 2.71 bits per heavy atom. The lowest BCUT2D eigenvalue weighted by molar-refractivity contribution is 0.416. The van der Waals surface area contributed by atoms with Gasteiger partial charge in [-0.25, -0.2) is 0 Å². The molecule has 3 heteroatoms. The summed E-state index contributed by atoms with van der Waals surface area (Å²) in [5.74, 6) is 0.761. The highest BCUT2D eigenvalue weighted by Gasteiger charge is 1.98. The van der Waals surface area contributed by atoms with Crippen LogP contribution in [0.1, 0.15) is 11.4 Å². The molecule has 0 atom stereocenters. The highest BCUT2D eigenvalue weighted by molar-refractivity contribution is 5.80. The third kappa shape index (κ3) is 2.91. The van der Waals surface area contributed by atoms with E-state index in [9.17, 15) is 0 Å². The maximum atomic E-state index is 5.22. The van der Waals surface area contributed by atoms with Gasteiger partial charge in [-0.3, -0.25) is 9.98 Å². The Bertz CT molecular complexity index is 535. The quantitative estimate of drug-likeness (QED) is 0.753. The Morgan fingerprint density at radius 2 is 1.94 bits per heavy atom. The molecule has 86 valence electrons. The molecule has 0 aliphatic rings. The van der Waals surface area contributed by atoms with Crippen molar-refractivity contribution >= 4 is 11.9 Å². The second kappa shape index (κ2) is 5.25. The summed E-state index contributed by atoms with van der Waals surface area (Å²) < 4.78 is 5.22. The second-order valence-electron chi connectivity index (χ2n) is 3.63. The van der Waals surface area contributed by atoms with Crippen molar-refractivity contribution < 1.29 is 4.74 Å². The fourth-order valence-corrected chi connectivity index (χ4v) is 1.51. The minimum atomic E-state index is 0.761. The molecule has 0 saturated heterocycles. The maximum absolute atomic E-state index is 5.22. The summed E-state index contributed by atoms with van der Waals surface area (Å²) in [7, 11) is 1.64. The summed E-state index contributed by atoms with van der Waals surface area (Å²) in [6.07, 6.45) is 1.74. The van der Waals surface area contributed by atoms with E-state index in [1.54, 1.807) is 13.3 Å². The van der Waals surface area contributed by atoms with Crippen LogP contribution >= 0.6 is 0 Å². The van der Waals surface area contributed by atoms with E-state index in [2.05, 4.69) is 9.98 Å². The van der Waals surface area contributed by atoms with Crippen LogP contribution in [0.25, 0.3) is 0 Å². The molecule has 0 N–H and O–H groups in total. The van der Waals surface area contributed by atoms with E-state index in [0.717, 1.165) is 22.8 Å². The zero-order valence-corrected chi connectivity index (χ0v) is 9.92. The number of nitrogens with zero attached hydrogens (tertiary/aromatic N) is 2. The molecule has 1 aromatic carbocycles. The van der Waals surface area contributed by atoms with Crippen LogP contribution in [-0.2, 0) is 0 Å². The lowest BCUT2D eigenvalue weighted by Gasteiger charge is -2.02. The molecule has 0 aliphatic heterocycles. The largest absolute Gasteiger partial charge is 0.494 e. The summed E-state index contributed by atoms with van der Waals surface area (Å²) in [4.78, 5) is 8.73. The van der Waals surface area contributed by atoms with E-state index in [0.29, 0.717) is 0 Å². The molecular weight excluding hydrogens is 212 g/mol. The van der Waals surface area contributed by atoms with Gasteiger partial charge in [-0.2, -0.15) is 0 Å². The highest BCUT2D eigenvalue weighted by atomic mass is 16.5. The van der Waals surface area contributed by atoms with Crippen LogP contribution in [-0.4, -0.2) is 18.3 Å². The maximum Gasteiger partial charge on any atom is 0.144 e. The van der Waals surface area contributed by atoms with E-state index in [1.807, 2.05) is 49.4 Å². The van der Waals surface area contributed by atoms with Gasteiger partial charge in [0, 0.05) is 5.69 Å². The number of benzene rings is 1. The fraction of sp³-hybridized carbons (Fsp3) is 0.143. The topological polar surface area (TPSA) is 34.5 Å². The van der Waals surface area contributed by atoms with Gasteiger partial charge in [0.05, 0.1) is 19.0 Å². The minimum Gasteiger partial charge on any atom is -0.494 e. The molecule has 17 heavy (non-hydrogen) atoms. The average molecular weight is 226 g/mol.